The van der Waals surface area contributed by atoms with Crippen LogP contribution >= 0.6 is 0 Å². The lowest BCUT2D eigenvalue weighted by molar-refractivity contribution is -0.125. The molecule has 1 fully saturated rings. The van der Waals surface area contributed by atoms with E-state index in [1.807, 2.05) is 30.3 Å². The van der Waals surface area contributed by atoms with E-state index in [4.69, 9.17) is 0 Å². The van der Waals surface area contributed by atoms with E-state index in [2.05, 4.69) is 19.2 Å². The van der Waals surface area contributed by atoms with E-state index in [1.165, 1.54) is 0 Å². The maximum Gasteiger partial charge on any atom is 0.323 e. The summed E-state index contributed by atoms with van der Waals surface area (Å²) in [5.41, 5.74) is 1.47. The number of carbonyl (C=O) groups excluding carboxylic acids is 2. The Labute approximate surface area is 143 Å². The molecule has 2 aliphatic rings. The van der Waals surface area contributed by atoms with Gasteiger partial charge in [0, 0.05) is 24.8 Å². The molecule has 1 aromatic rings. The number of hydrogen-bond acceptors (Lipinski definition) is 2. The van der Waals surface area contributed by atoms with Gasteiger partial charge in [0.15, 0.2) is 5.54 Å². The predicted molar refractivity (Wildman–Crippen MR) is 94.7 cm³/mol. The van der Waals surface area contributed by atoms with Crippen molar-refractivity contribution in [1.29, 1.82) is 0 Å². The SMILES string of the molecule is CCC/C=C1\NC(=O)N(CCCC)C12C(=O)N(C)c1ccccc12. The Kier molecular flexibility index (Phi) is 4.35. The summed E-state index contributed by atoms with van der Waals surface area (Å²) >= 11 is 0. The van der Waals surface area contributed by atoms with Crippen molar-refractivity contribution in [2.24, 2.45) is 0 Å². The zero-order valence-corrected chi connectivity index (χ0v) is 14.6. The first kappa shape index (κ1) is 16.6. The third-order valence-corrected chi connectivity index (χ3v) is 4.92. The average molecular weight is 327 g/mol. The molecule has 1 atom stereocenters. The van der Waals surface area contributed by atoms with Crippen LogP contribution < -0.4 is 10.2 Å². The first-order valence-electron chi connectivity index (χ1n) is 8.75. The second-order valence-corrected chi connectivity index (χ2v) is 6.43. The van der Waals surface area contributed by atoms with E-state index >= 15 is 0 Å². The molecule has 3 rings (SSSR count). The van der Waals surface area contributed by atoms with Crippen LogP contribution in [0.15, 0.2) is 36.0 Å². The Hall–Kier alpha value is -2.30. The van der Waals surface area contributed by atoms with Crippen LogP contribution in [0.5, 0.6) is 0 Å². The summed E-state index contributed by atoms with van der Waals surface area (Å²) in [5, 5.41) is 2.97. The van der Waals surface area contributed by atoms with Gasteiger partial charge >= 0.3 is 6.03 Å². The first-order valence-corrected chi connectivity index (χ1v) is 8.75. The fourth-order valence-corrected chi connectivity index (χ4v) is 3.70. The maximum atomic E-state index is 13.3. The maximum absolute atomic E-state index is 13.3. The minimum Gasteiger partial charge on any atom is -0.312 e. The fraction of sp³-hybridized carbons (Fsp3) is 0.474. The molecule has 128 valence electrons. The number of amides is 3. The number of likely N-dealkylation sites (N-methyl/N-ethyl adjacent to an activating group) is 1. The van der Waals surface area contributed by atoms with Crippen LogP contribution in [0.1, 0.15) is 45.1 Å². The van der Waals surface area contributed by atoms with Crippen molar-refractivity contribution in [2.45, 2.75) is 45.1 Å². The molecule has 3 amide bonds. The highest BCUT2D eigenvalue weighted by molar-refractivity contribution is 6.13. The molecule has 1 N–H and O–H groups in total. The van der Waals surface area contributed by atoms with Crippen molar-refractivity contribution in [3.63, 3.8) is 0 Å². The predicted octanol–water partition coefficient (Wildman–Crippen LogP) is 3.37. The number of carbonyl (C=O) groups is 2. The molecule has 1 unspecified atom stereocenters. The Morgan fingerprint density at radius 1 is 1.17 bits per heavy atom. The summed E-state index contributed by atoms with van der Waals surface area (Å²) in [4.78, 5) is 29.4. The van der Waals surface area contributed by atoms with Crippen LogP contribution in [-0.2, 0) is 10.3 Å². The summed E-state index contributed by atoms with van der Waals surface area (Å²) in [7, 11) is 1.79. The van der Waals surface area contributed by atoms with Gasteiger partial charge in [0.1, 0.15) is 0 Å². The molecule has 1 spiro atoms. The van der Waals surface area contributed by atoms with E-state index < -0.39 is 5.54 Å². The summed E-state index contributed by atoms with van der Waals surface area (Å²) in [6.45, 7) is 4.75. The van der Waals surface area contributed by atoms with Crippen LogP contribution in [0.25, 0.3) is 0 Å². The molecule has 0 radical (unpaired) electrons. The number of hydrogen-bond donors (Lipinski definition) is 1. The van der Waals surface area contributed by atoms with Gasteiger partial charge in [-0.25, -0.2) is 4.79 Å². The Morgan fingerprint density at radius 3 is 2.62 bits per heavy atom. The number of urea groups is 1. The fourth-order valence-electron chi connectivity index (χ4n) is 3.70. The van der Waals surface area contributed by atoms with Crippen molar-refractivity contribution in [2.75, 3.05) is 18.5 Å². The van der Waals surface area contributed by atoms with Crippen molar-refractivity contribution >= 4 is 17.6 Å². The number of unbranched alkanes of at least 4 members (excludes halogenated alkanes) is 2. The van der Waals surface area contributed by atoms with Crippen molar-refractivity contribution in [1.82, 2.24) is 10.2 Å². The second-order valence-electron chi connectivity index (χ2n) is 6.43. The van der Waals surface area contributed by atoms with Crippen LogP contribution in [0.2, 0.25) is 0 Å². The lowest BCUT2D eigenvalue weighted by atomic mass is 9.86. The van der Waals surface area contributed by atoms with Crippen LogP contribution in [-0.4, -0.2) is 30.4 Å². The number of allylic oxidation sites excluding steroid dienone is 1. The van der Waals surface area contributed by atoms with E-state index in [0.717, 1.165) is 36.9 Å². The minimum absolute atomic E-state index is 0.0551. The van der Waals surface area contributed by atoms with Gasteiger partial charge in [-0.15, -0.1) is 0 Å². The largest absolute Gasteiger partial charge is 0.323 e. The Morgan fingerprint density at radius 2 is 1.92 bits per heavy atom. The molecule has 2 aliphatic heterocycles. The van der Waals surface area contributed by atoms with Crippen molar-refractivity contribution in [3.05, 3.63) is 41.6 Å². The van der Waals surface area contributed by atoms with Gasteiger partial charge in [-0.2, -0.15) is 0 Å². The summed E-state index contributed by atoms with van der Waals surface area (Å²) in [6, 6.07) is 7.60. The molecule has 24 heavy (non-hydrogen) atoms. The first-order chi connectivity index (χ1) is 11.6. The van der Waals surface area contributed by atoms with Gasteiger partial charge in [-0.1, -0.05) is 51.0 Å². The molecule has 0 aliphatic carbocycles. The molecule has 5 heteroatoms. The van der Waals surface area contributed by atoms with Crippen molar-refractivity contribution < 1.29 is 9.59 Å². The normalized spacial score (nSPS) is 24.2. The van der Waals surface area contributed by atoms with E-state index in [1.54, 1.807) is 16.8 Å². The lowest BCUT2D eigenvalue weighted by Gasteiger charge is -2.33. The average Bonchev–Trinajstić information content (AvgIpc) is 3.00. The van der Waals surface area contributed by atoms with Gasteiger partial charge in [0.2, 0.25) is 0 Å². The number of rotatable bonds is 5. The topological polar surface area (TPSA) is 52.7 Å². The van der Waals surface area contributed by atoms with Gasteiger partial charge in [0.05, 0.1) is 5.70 Å². The van der Waals surface area contributed by atoms with Gasteiger partial charge in [-0.05, 0) is 18.9 Å². The molecule has 0 saturated carbocycles. The highest BCUT2D eigenvalue weighted by Gasteiger charge is 2.61. The molecule has 1 saturated heterocycles. The van der Waals surface area contributed by atoms with Crippen LogP contribution in [0.4, 0.5) is 10.5 Å². The Balaban J connectivity index is 2.20. The number of anilines is 1. The monoisotopic (exact) mass is 327 g/mol. The summed E-state index contributed by atoms with van der Waals surface area (Å²) in [6.07, 6.45) is 5.65. The quantitative estimate of drug-likeness (QED) is 0.901. The van der Waals surface area contributed by atoms with Crippen LogP contribution in [0.3, 0.4) is 0 Å². The standard InChI is InChI=1S/C19H25N3O2/c1-4-6-12-16-19(22(13-7-5-2)18(24)20-16)14-10-8-9-11-15(14)21(3)17(19)23/h8-12H,4-7,13H2,1-3H3,(H,20,24)/b16-12-. The Bertz CT molecular complexity index is 698. The van der Waals surface area contributed by atoms with E-state index in [9.17, 15) is 9.59 Å². The number of nitrogens with zero attached hydrogens (tertiary/aromatic N) is 2. The zero-order valence-electron chi connectivity index (χ0n) is 14.6. The number of nitrogens with one attached hydrogen (secondary N) is 1. The molecular weight excluding hydrogens is 302 g/mol. The third kappa shape index (κ3) is 2.14. The van der Waals surface area contributed by atoms with E-state index in [0.29, 0.717) is 12.2 Å². The van der Waals surface area contributed by atoms with E-state index in [-0.39, 0.29) is 11.9 Å². The number of benzene rings is 1. The lowest BCUT2D eigenvalue weighted by Crippen LogP contribution is -2.51. The minimum atomic E-state index is -1.02. The number of para-hydroxylation sites is 1. The molecule has 0 bridgehead atoms. The summed E-state index contributed by atoms with van der Waals surface area (Å²) in [5.74, 6) is -0.0551. The third-order valence-electron chi connectivity index (χ3n) is 4.92. The smallest absolute Gasteiger partial charge is 0.312 e. The van der Waals surface area contributed by atoms with Crippen molar-refractivity contribution in [3.8, 4) is 0 Å². The van der Waals surface area contributed by atoms with Crippen LogP contribution in [0, 0.1) is 0 Å². The highest BCUT2D eigenvalue weighted by Crippen LogP contribution is 2.49. The second kappa shape index (κ2) is 6.30. The van der Waals surface area contributed by atoms with Gasteiger partial charge < -0.3 is 15.1 Å². The zero-order chi connectivity index (χ0) is 17.3. The highest BCUT2D eigenvalue weighted by atomic mass is 16.2. The van der Waals surface area contributed by atoms with Gasteiger partial charge in [0.25, 0.3) is 5.91 Å². The molecule has 1 aromatic carbocycles. The molecule has 2 heterocycles. The molecule has 5 nitrogen and oxygen atoms in total. The summed E-state index contributed by atoms with van der Waals surface area (Å²) < 4.78 is 0. The number of fused-ring (bicyclic) bond motifs is 2. The molecular formula is C19H25N3O2. The molecule has 0 aromatic heterocycles. The van der Waals surface area contributed by atoms with Gasteiger partial charge in [-0.3, -0.25) is 4.79 Å².